The first-order valence-corrected chi connectivity index (χ1v) is 7.72. The fourth-order valence-electron chi connectivity index (χ4n) is 2.25. The van der Waals surface area contributed by atoms with Gasteiger partial charge in [0.1, 0.15) is 0 Å². The van der Waals surface area contributed by atoms with E-state index in [1.165, 1.54) is 5.56 Å². The molecule has 0 radical (unpaired) electrons. The number of hydrogen-bond donors (Lipinski definition) is 1. The lowest BCUT2D eigenvalue weighted by Gasteiger charge is -2.27. The standard InChI is InChI=1S/C17H29N3O/c1-15(8-7-11-18)17(21)20(13-12-19(2)3)14-16-9-5-4-6-10-16/h4-6,9-10,15H,7-8,11-14,18H2,1-3H3. The van der Waals surface area contributed by atoms with Gasteiger partial charge >= 0.3 is 0 Å². The van der Waals surface area contributed by atoms with Crippen molar-refractivity contribution in [2.24, 2.45) is 11.7 Å². The molecular formula is C17H29N3O. The molecule has 1 aromatic rings. The number of nitrogens with two attached hydrogens (primary N) is 1. The van der Waals surface area contributed by atoms with Crippen LogP contribution >= 0.6 is 0 Å². The molecule has 4 nitrogen and oxygen atoms in total. The molecule has 1 amide bonds. The van der Waals surface area contributed by atoms with Crippen LogP contribution < -0.4 is 5.73 Å². The summed E-state index contributed by atoms with van der Waals surface area (Å²) in [5.74, 6) is 0.272. The van der Waals surface area contributed by atoms with Gasteiger partial charge in [-0.05, 0) is 39.0 Å². The molecule has 0 saturated carbocycles. The van der Waals surface area contributed by atoms with Gasteiger partial charge in [0.25, 0.3) is 0 Å². The lowest BCUT2D eigenvalue weighted by Crippen LogP contribution is -2.39. The van der Waals surface area contributed by atoms with Gasteiger partial charge in [-0.25, -0.2) is 0 Å². The Morgan fingerprint density at radius 2 is 1.86 bits per heavy atom. The van der Waals surface area contributed by atoms with Gasteiger partial charge < -0.3 is 15.5 Å². The Morgan fingerprint density at radius 3 is 2.43 bits per heavy atom. The molecule has 21 heavy (non-hydrogen) atoms. The lowest BCUT2D eigenvalue weighted by molar-refractivity contribution is -0.136. The molecule has 0 aromatic heterocycles. The highest BCUT2D eigenvalue weighted by Crippen LogP contribution is 2.13. The summed E-state index contributed by atoms with van der Waals surface area (Å²) in [5, 5.41) is 0. The SMILES string of the molecule is CC(CCCN)C(=O)N(CCN(C)C)Cc1ccccc1. The van der Waals surface area contributed by atoms with Crippen molar-refractivity contribution < 1.29 is 4.79 Å². The number of benzene rings is 1. The van der Waals surface area contributed by atoms with Crippen LogP contribution in [0.25, 0.3) is 0 Å². The molecular weight excluding hydrogens is 262 g/mol. The van der Waals surface area contributed by atoms with Crippen molar-refractivity contribution in [3.05, 3.63) is 35.9 Å². The molecule has 0 aliphatic rings. The number of rotatable bonds is 9. The summed E-state index contributed by atoms with van der Waals surface area (Å²) >= 11 is 0. The Kier molecular flexibility index (Phi) is 8.01. The van der Waals surface area contributed by atoms with Crippen LogP contribution in [0.3, 0.4) is 0 Å². The monoisotopic (exact) mass is 291 g/mol. The van der Waals surface area contributed by atoms with Crippen LogP contribution in [0.2, 0.25) is 0 Å². The molecule has 0 spiro atoms. The van der Waals surface area contributed by atoms with Gasteiger partial charge in [-0.15, -0.1) is 0 Å². The summed E-state index contributed by atoms with van der Waals surface area (Å²) in [6.45, 7) is 4.97. The largest absolute Gasteiger partial charge is 0.337 e. The summed E-state index contributed by atoms with van der Waals surface area (Å²) in [4.78, 5) is 16.7. The van der Waals surface area contributed by atoms with Crippen molar-refractivity contribution in [1.29, 1.82) is 0 Å². The van der Waals surface area contributed by atoms with Crippen molar-refractivity contribution in [1.82, 2.24) is 9.80 Å². The van der Waals surface area contributed by atoms with Gasteiger partial charge in [0.15, 0.2) is 0 Å². The highest BCUT2D eigenvalue weighted by Gasteiger charge is 2.20. The highest BCUT2D eigenvalue weighted by molar-refractivity contribution is 5.78. The van der Waals surface area contributed by atoms with Crippen molar-refractivity contribution in [3.8, 4) is 0 Å². The molecule has 1 atom stereocenters. The number of likely N-dealkylation sites (N-methyl/N-ethyl adjacent to an activating group) is 1. The normalized spacial score (nSPS) is 12.4. The molecule has 1 unspecified atom stereocenters. The van der Waals surface area contributed by atoms with Gasteiger partial charge in [-0.2, -0.15) is 0 Å². The van der Waals surface area contributed by atoms with Crippen LogP contribution in [0, 0.1) is 5.92 Å². The molecule has 0 saturated heterocycles. The zero-order valence-electron chi connectivity index (χ0n) is 13.6. The highest BCUT2D eigenvalue weighted by atomic mass is 16.2. The summed E-state index contributed by atoms with van der Waals surface area (Å²) < 4.78 is 0. The number of carbonyl (C=O) groups is 1. The minimum atomic E-state index is 0.0411. The Labute approximate surface area is 128 Å². The van der Waals surface area contributed by atoms with E-state index in [4.69, 9.17) is 5.73 Å². The average Bonchev–Trinajstić information content (AvgIpc) is 2.49. The van der Waals surface area contributed by atoms with Crippen molar-refractivity contribution >= 4 is 5.91 Å². The molecule has 2 N–H and O–H groups in total. The zero-order valence-corrected chi connectivity index (χ0v) is 13.6. The van der Waals surface area contributed by atoms with Crippen molar-refractivity contribution in [2.45, 2.75) is 26.3 Å². The maximum absolute atomic E-state index is 12.6. The smallest absolute Gasteiger partial charge is 0.225 e. The first-order valence-electron chi connectivity index (χ1n) is 7.72. The number of nitrogens with zero attached hydrogens (tertiary/aromatic N) is 2. The topological polar surface area (TPSA) is 49.6 Å². The summed E-state index contributed by atoms with van der Waals surface area (Å²) in [6, 6.07) is 10.2. The predicted octanol–water partition coefficient (Wildman–Crippen LogP) is 1.95. The maximum Gasteiger partial charge on any atom is 0.225 e. The van der Waals surface area contributed by atoms with Gasteiger partial charge in [0.2, 0.25) is 5.91 Å². The Hall–Kier alpha value is -1.39. The Morgan fingerprint density at radius 1 is 1.19 bits per heavy atom. The van der Waals surface area contributed by atoms with Gasteiger partial charge in [0.05, 0.1) is 0 Å². The third-order valence-electron chi connectivity index (χ3n) is 3.61. The molecule has 0 aliphatic heterocycles. The molecule has 0 fully saturated rings. The second kappa shape index (κ2) is 9.53. The first-order chi connectivity index (χ1) is 10.0. The van der Waals surface area contributed by atoms with Gasteiger partial charge in [0, 0.05) is 25.6 Å². The number of carbonyl (C=O) groups excluding carboxylic acids is 1. The fraction of sp³-hybridized carbons (Fsp3) is 0.588. The molecule has 1 rings (SSSR count). The van der Waals surface area contributed by atoms with E-state index < -0.39 is 0 Å². The number of hydrogen-bond acceptors (Lipinski definition) is 3. The second-order valence-corrected chi connectivity index (χ2v) is 5.88. The average molecular weight is 291 g/mol. The minimum Gasteiger partial charge on any atom is -0.337 e. The molecule has 118 valence electrons. The van der Waals surface area contributed by atoms with Crippen LogP contribution in [0.4, 0.5) is 0 Å². The lowest BCUT2D eigenvalue weighted by atomic mass is 10.0. The van der Waals surface area contributed by atoms with E-state index in [2.05, 4.69) is 17.0 Å². The fourth-order valence-corrected chi connectivity index (χ4v) is 2.25. The summed E-state index contributed by atoms with van der Waals surface area (Å²) in [7, 11) is 4.06. The van der Waals surface area contributed by atoms with E-state index >= 15 is 0 Å². The van der Waals surface area contributed by atoms with Crippen LogP contribution in [0.1, 0.15) is 25.3 Å². The van der Waals surface area contributed by atoms with E-state index in [0.717, 1.165) is 25.9 Å². The minimum absolute atomic E-state index is 0.0411. The Bertz CT molecular complexity index is 406. The van der Waals surface area contributed by atoms with E-state index in [0.29, 0.717) is 13.1 Å². The van der Waals surface area contributed by atoms with Crippen LogP contribution in [0.15, 0.2) is 30.3 Å². The van der Waals surface area contributed by atoms with Crippen LogP contribution in [0.5, 0.6) is 0 Å². The van der Waals surface area contributed by atoms with E-state index in [-0.39, 0.29) is 11.8 Å². The molecule has 0 heterocycles. The van der Waals surface area contributed by atoms with Crippen molar-refractivity contribution in [3.63, 3.8) is 0 Å². The first kappa shape index (κ1) is 17.7. The third kappa shape index (κ3) is 6.74. The van der Waals surface area contributed by atoms with E-state index in [1.54, 1.807) is 0 Å². The van der Waals surface area contributed by atoms with E-state index in [9.17, 15) is 4.79 Å². The number of amides is 1. The summed E-state index contributed by atoms with van der Waals surface area (Å²) in [6.07, 6.45) is 1.77. The maximum atomic E-state index is 12.6. The molecule has 4 heteroatoms. The molecule has 1 aromatic carbocycles. The quantitative estimate of drug-likeness (QED) is 0.756. The molecule has 0 bridgehead atoms. The third-order valence-corrected chi connectivity index (χ3v) is 3.61. The summed E-state index contributed by atoms with van der Waals surface area (Å²) in [5.41, 5.74) is 6.72. The van der Waals surface area contributed by atoms with Crippen LogP contribution in [-0.4, -0.2) is 49.4 Å². The predicted molar refractivity (Wildman–Crippen MR) is 87.9 cm³/mol. The van der Waals surface area contributed by atoms with E-state index in [1.807, 2.05) is 44.1 Å². The Balaban J connectivity index is 2.68. The van der Waals surface area contributed by atoms with Crippen LogP contribution in [-0.2, 0) is 11.3 Å². The molecule has 0 aliphatic carbocycles. The van der Waals surface area contributed by atoms with Gasteiger partial charge in [-0.1, -0.05) is 37.3 Å². The second-order valence-electron chi connectivity index (χ2n) is 5.88. The van der Waals surface area contributed by atoms with Crippen molar-refractivity contribution in [2.75, 3.05) is 33.7 Å². The zero-order chi connectivity index (χ0) is 15.7. The van der Waals surface area contributed by atoms with Gasteiger partial charge in [-0.3, -0.25) is 4.79 Å².